The molecule has 0 bridgehead atoms. The van der Waals surface area contributed by atoms with Crippen LogP contribution in [0.2, 0.25) is 5.15 Å². The van der Waals surface area contributed by atoms with E-state index < -0.39 is 17.0 Å². The number of ether oxygens (including phenoxy) is 1. The van der Waals surface area contributed by atoms with Gasteiger partial charge < -0.3 is 4.74 Å². The van der Waals surface area contributed by atoms with Crippen LogP contribution in [0.4, 0.5) is 13.2 Å². The standard InChI is InChI=1S/C14H15ClF3NO2/c1-2-21-9-5-8(6-9)7-11(20)10-3-4-12(14(16,17)18)19-13(10)15/h3-4,8-9H,2,5-7H2,1H3. The molecule has 0 unspecified atom stereocenters. The molecular formula is C14H15ClF3NO2. The first-order valence-electron chi connectivity index (χ1n) is 6.69. The molecule has 1 aromatic rings. The smallest absolute Gasteiger partial charge is 0.378 e. The summed E-state index contributed by atoms with van der Waals surface area (Å²) in [4.78, 5) is 15.3. The van der Waals surface area contributed by atoms with Crippen LogP contribution < -0.4 is 0 Å². The maximum absolute atomic E-state index is 12.5. The minimum atomic E-state index is -4.57. The van der Waals surface area contributed by atoms with Crippen molar-refractivity contribution >= 4 is 17.4 Å². The van der Waals surface area contributed by atoms with Gasteiger partial charge in [-0.15, -0.1) is 0 Å². The van der Waals surface area contributed by atoms with E-state index in [0.717, 1.165) is 25.0 Å². The summed E-state index contributed by atoms with van der Waals surface area (Å²) in [5.41, 5.74) is -1.05. The molecule has 116 valence electrons. The Morgan fingerprint density at radius 2 is 2.10 bits per heavy atom. The van der Waals surface area contributed by atoms with Gasteiger partial charge in [-0.05, 0) is 37.8 Å². The summed E-state index contributed by atoms with van der Waals surface area (Å²) in [6, 6.07) is 1.88. The number of hydrogen-bond acceptors (Lipinski definition) is 3. The second-order valence-electron chi connectivity index (χ2n) is 5.07. The summed E-state index contributed by atoms with van der Waals surface area (Å²) in [5, 5.41) is -0.393. The Labute approximate surface area is 125 Å². The third kappa shape index (κ3) is 3.95. The van der Waals surface area contributed by atoms with Crippen LogP contribution in [0.3, 0.4) is 0 Å². The van der Waals surface area contributed by atoms with E-state index in [0.29, 0.717) is 6.61 Å². The molecule has 0 aromatic carbocycles. The molecule has 0 atom stereocenters. The van der Waals surface area contributed by atoms with Crippen molar-refractivity contribution in [2.75, 3.05) is 6.61 Å². The number of alkyl halides is 3. The van der Waals surface area contributed by atoms with Gasteiger partial charge in [-0.3, -0.25) is 4.79 Å². The molecule has 1 aliphatic rings. The van der Waals surface area contributed by atoms with Crippen molar-refractivity contribution in [3.63, 3.8) is 0 Å². The third-order valence-corrected chi connectivity index (χ3v) is 3.80. The molecule has 21 heavy (non-hydrogen) atoms. The molecule has 1 saturated carbocycles. The summed E-state index contributed by atoms with van der Waals surface area (Å²) in [7, 11) is 0. The minimum absolute atomic E-state index is 0.0459. The summed E-state index contributed by atoms with van der Waals surface area (Å²) in [5.74, 6) is -0.0754. The molecule has 3 nitrogen and oxygen atoms in total. The molecule has 7 heteroatoms. The van der Waals surface area contributed by atoms with Gasteiger partial charge in [0.15, 0.2) is 5.78 Å². The number of aromatic nitrogens is 1. The van der Waals surface area contributed by atoms with E-state index in [4.69, 9.17) is 16.3 Å². The number of hydrogen-bond donors (Lipinski definition) is 0. The normalized spacial score (nSPS) is 22.0. The van der Waals surface area contributed by atoms with Crippen LogP contribution in [-0.2, 0) is 10.9 Å². The SMILES string of the molecule is CCOC1CC(CC(=O)c2ccc(C(F)(F)F)nc2Cl)C1. The lowest BCUT2D eigenvalue weighted by Gasteiger charge is -2.34. The van der Waals surface area contributed by atoms with Gasteiger partial charge in [0.2, 0.25) is 0 Å². The lowest BCUT2D eigenvalue weighted by Crippen LogP contribution is -2.32. The van der Waals surface area contributed by atoms with Crippen molar-refractivity contribution in [2.45, 2.75) is 38.5 Å². The molecule has 0 spiro atoms. The number of Topliss-reactive ketones (excluding diaryl/α,β-unsaturated/α-hetero) is 1. The maximum atomic E-state index is 12.5. The quantitative estimate of drug-likeness (QED) is 0.604. The Kier molecular flexibility index (Phi) is 4.88. The van der Waals surface area contributed by atoms with Crippen LogP contribution >= 0.6 is 11.6 Å². The topological polar surface area (TPSA) is 39.2 Å². The number of ketones is 1. The van der Waals surface area contributed by atoms with Crippen molar-refractivity contribution in [1.82, 2.24) is 4.98 Å². The highest BCUT2D eigenvalue weighted by atomic mass is 35.5. The zero-order valence-electron chi connectivity index (χ0n) is 11.4. The number of nitrogens with zero attached hydrogens (tertiary/aromatic N) is 1. The molecule has 2 rings (SSSR count). The largest absolute Gasteiger partial charge is 0.433 e. The molecule has 0 N–H and O–H groups in total. The Bertz CT molecular complexity index is 527. The van der Waals surface area contributed by atoms with Crippen LogP contribution in [0, 0.1) is 5.92 Å². The van der Waals surface area contributed by atoms with E-state index >= 15 is 0 Å². The van der Waals surface area contributed by atoms with Gasteiger partial charge in [0, 0.05) is 13.0 Å². The molecule has 1 aromatic heterocycles. The van der Waals surface area contributed by atoms with Crippen LogP contribution in [0.5, 0.6) is 0 Å². The number of halogens is 4. The van der Waals surface area contributed by atoms with Crippen molar-refractivity contribution in [3.05, 3.63) is 28.5 Å². The average Bonchev–Trinajstić information content (AvgIpc) is 2.34. The summed E-state index contributed by atoms with van der Waals surface area (Å²) < 4.78 is 42.8. The van der Waals surface area contributed by atoms with Crippen molar-refractivity contribution in [1.29, 1.82) is 0 Å². The van der Waals surface area contributed by atoms with E-state index in [9.17, 15) is 18.0 Å². The first-order valence-corrected chi connectivity index (χ1v) is 7.07. The van der Waals surface area contributed by atoms with E-state index in [1.165, 1.54) is 0 Å². The number of rotatable bonds is 5. The van der Waals surface area contributed by atoms with Crippen LogP contribution in [-0.4, -0.2) is 23.5 Å². The fraction of sp³-hybridized carbons (Fsp3) is 0.571. The number of carbonyl (C=O) groups excluding carboxylic acids is 1. The summed E-state index contributed by atoms with van der Waals surface area (Å²) >= 11 is 5.70. The van der Waals surface area contributed by atoms with Gasteiger partial charge in [0.05, 0.1) is 11.7 Å². The van der Waals surface area contributed by atoms with Gasteiger partial charge >= 0.3 is 6.18 Å². The van der Waals surface area contributed by atoms with E-state index in [2.05, 4.69) is 4.98 Å². The zero-order chi connectivity index (χ0) is 15.6. The molecule has 0 radical (unpaired) electrons. The van der Waals surface area contributed by atoms with Gasteiger partial charge in [0.1, 0.15) is 10.8 Å². The third-order valence-electron chi connectivity index (χ3n) is 3.51. The first-order chi connectivity index (χ1) is 9.81. The molecule has 1 heterocycles. The Morgan fingerprint density at radius 3 is 2.62 bits per heavy atom. The van der Waals surface area contributed by atoms with E-state index in [1.54, 1.807) is 0 Å². The summed E-state index contributed by atoms with van der Waals surface area (Å²) in [6.07, 6.45) is -2.52. The highest BCUT2D eigenvalue weighted by molar-refractivity contribution is 6.32. The number of pyridine rings is 1. The molecule has 0 saturated heterocycles. The van der Waals surface area contributed by atoms with Crippen LogP contribution in [0.15, 0.2) is 12.1 Å². The highest BCUT2D eigenvalue weighted by Gasteiger charge is 2.34. The van der Waals surface area contributed by atoms with E-state index in [-0.39, 0.29) is 29.8 Å². The Morgan fingerprint density at radius 1 is 1.43 bits per heavy atom. The fourth-order valence-corrected chi connectivity index (χ4v) is 2.64. The maximum Gasteiger partial charge on any atom is 0.433 e. The summed E-state index contributed by atoms with van der Waals surface area (Å²) in [6.45, 7) is 2.55. The molecular weight excluding hydrogens is 307 g/mol. The Hall–Kier alpha value is -1.14. The van der Waals surface area contributed by atoms with Crippen molar-refractivity contribution in [2.24, 2.45) is 5.92 Å². The lowest BCUT2D eigenvalue weighted by atomic mass is 9.78. The highest BCUT2D eigenvalue weighted by Crippen LogP contribution is 2.35. The van der Waals surface area contributed by atoms with Crippen molar-refractivity contribution in [3.8, 4) is 0 Å². The van der Waals surface area contributed by atoms with Gasteiger partial charge in [-0.25, -0.2) is 4.98 Å². The molecule has 0 amide bonds. The molecule has 1 aliphatic carbocycles. The van der Waals surface area contributed by atoms with E-state index in [1.807, 2.05) is 6.92 Å². The second kappa shape index (κ2) is 6.32. The van der Waals surface area contributed by atoms with Crippen LogP contribution in [0.1, 0.15) is 42.2 Å². The number of carbonyl (C=O) groups is 1. The zero-order valence-corrected chi connectivity index (χ0v) is 12.2. The predicted octanol–water partition coefficient (Wildman–Crippen LogP) is 4.14. The lowest BCUT2D eigenvalue weighted by molar-refractivity contribution is -0.141. The predicted molar refractivity (Wildman–Crippen MR) is 71.3 cm³/mol. The fourth-order valence-electron chi connectivity index (χ4n) is 2.39. The van der Waals surface area contributed by atoms with Gasteiger partial charge in [-0.1, -0.05) is 11.6 Å². The minimum Gasteiger partial charge on any atom is -0.378 e. The van der Waals surface area contributed by atoms with Gasteiger partial charge in [-0.2, -0.15) is 13.2 Å². The van der Waals surface area contributed by atoms with Crippen LogP contribution in [0.25, 0.3) is 0 Å². The average molecular weight is 322 g/mol. The molecule has 0 aliphatic heterocycles. The Balaban J connectivity index is 1.98. The first kappa shape index (κ1) is 16.2. The molecule has 1 fully saturated rings. The van der Waals surface area contributed by atoms with Gasteiger partial charge in [0.25, 0.3) is 0 Å². The second-order valence-corrected chi connectivity index (χ2v) is 5.43. The monoisotopic (exact) mass is 321 g/mol. The van der Waals surface area contributed by atoms with Crippen molar-refractivity contribution < 1.29 is 22.7 Å².